The number of anilines is 2. The topological polar surface area (TPSA) is 80.0 Å². The summed E-state index contributed by atoms with van der Waals surface area (Å²) < 4.78 is 5.52. The van der Waals surface area contributed by atoms with E-state index in [-0.39, 0.29) is 5.28 Å². The summed E-state index contributed by atoms with van der Waals surface area (Å²) in [6, 6.07) is 0. The van der Waals surface area contributed by atoms with Crippen LogP contribution >= 0.6 is 11.6 Å². The standard InChI is InChI=1S/C13H19ClN6O/c1-4-9-7-15-10(21-9)8-16-12-17-11(14)18-13(19-12)20(5-2)6-3/h7H,4-6,8H2,1-3H3,(H,16,17,18,19). The van der Waals surface area contributed by atoms with Gasteiger partial charge in [-0.1, -0.05) is 6.92 Å². The third-order valence-electron chi connectivity index (χ3n) is 2.99. The lowest BCUT2D eigenvalue weighted by atomic mass is 10.4. The van der Waals surface area contributed by atoms with E-state index >= 15 is 0 Å². The Labute approximate surface area is 128 Å². The average Bonchev–Trinajstić information content (AvgIpc) is 2.94. The molecule has 2 aromatic rings. The maximum atomic E-state index is 5.95. The quantitative estimate of drug-likeness (QED) is 0.841. The van der Waals surface area contributed by atoms with Gasteiger partial charge in [0.15, 0.2) is 0 Å². The van der Waals surface area contributed by atoms with Crippen molar-refractivity contribution in [1.29, 1.82) is 0 Å². The van der Waals surface area contributed by atoms with Crippen LogP contribution in [0, 0.1) is 0 Å². The minimum Gasteiger partial charge on any atom is -0.444 e. The Morgan fingerprint density at radius 1 is 1.19 bits per heavy atom. The molecule has 0 aliphatic carbocycles. The zero-order chi connectivity index (χ0) is 15.2. The molecule has 2 aromatic heterocycles. The van der Waals surface area contributed by atoms with E-state index in [9.17, 15) is 0 Å². The maximum absolute atomic E-state index is 5.95. The number of oxazole rings is 1. The van der Waals surface area contributed by atoms with Gasteiger partial charge in [-0.3, -0.25) is 0 Å². The summed E-state index contributed by atoms with van der Waals surface area (Å²) in [6.45, 7) is 8.09. The predicted octanol–water partition coefficient (Wildman–Crippen LogP) is 2.53. The minimum atomic E-state index is 0.163. The molecule has 0 unspecified atom stereocenters. The number of hydrogen-bond donors (Lipinski definition) is 1. The van der Waals surface area contributed by atoms with Crippen molar-refractivity contribution in [2.24, 2.45) is 0 Å². The molecule has 0 spiro atoms. The third-order valence-corrected chi connectivity index (χ3v) is 3.16. The van der Waals surface area contributed by atoms with Crippen molar-refractivity contribution >= 4 is 23.5 Å². The highest BCUT2D eigenvalue weighted by Gasteiger charge is 2.10. The molecule has 0 radical (unpaired) electrons. The van der Waals surface area contributed by atoms with Crippen molar-refractivity contribution in [1.82, 2.24) is 19.9 Å². The Bertz CT molecular complexity index is 584. The molecule has 0 saturated carbocycles. The Balaban J connectivity index is 2.08. The van der Waals surface area contributed by atoms with Gasteiger partial charge >= 0.3 is 0 Å². The third kappa shape index (κ3) is 4.04. The van der Waals surface area contributed by atoms with Crippen LogP contribution in [0.3, 0.4) is 0 Å². The molecule has 0 aliphatic heterocycles. The molecule has 7 nitrogen and oxygen atoms in total. The summed E-state index contributed by atoms with van der Waals surface area (Å²) in [5.74, 6) is 2.41. The van der Waals surface area contributed by atoms with Crippen molar-refractivity contribution in [2.45, 2.75) is 33.7 Å². The molecule has 0 aromatic carbocycles. The van der Waals surface area contributed by atoms with Crippen molar-refractivity contribution in [3.05, 3.63) is 23.1 Å². The highest BCUT2D eigenvalue weighted by molar-refractivity contribution is 6.28. The second kappa shape index (κ2) is 7.21. The highest BCUT2D eigenvalue weighted by atomic mass is 35.5. The van der Waals surface area contributed by atoms with E-state index in [1.165, 1.54) is 0 Å². The summed E-state index contributed by atoms with van der Waals surface area (Å²) in [5, 5.41) is 3.22. The van der Waals surface area contributed by atoms with Crippen LogP contribution in [0.5, 0.6) is 0 Å². The number of rotatable bonds is 7. The fraction of sp³-hybridized carbons (Fsp3) is 0.538. The van der Waals surface area contributed by atoms with Crippen molar-refractivity contribution < 1.29 is 4.42 Å². The van der Waals surface area contributed by atoms with Gasteiger partial charge in [0.1, 0.15) is 5.76 Å². The lowest BCUT2D eigenvalue weighted by Gasteiger charge is -2.18. The van der Waals surface area contributed by atoms with Gasteiger partial charge in [0.05, 0.1) is 12.7 Å². The number of nitrogens with one attached hydrogen (secondary N) is 1. The van der Waals surface area contributed by atoms with Crippen LogP contribution in [-0.2, 0) is 13.0 Å². The molecule has 0 saturated heterocycles. The maximum Gasteiger partial charge on any atom is 0.231 e. The van der Waals surface area contributed by atoms with E-state index < -0.39 is 0 Å². The molecule has 0 fully saturated rings. The average molecular weight is 311 g/mol. The molecule has 2 heterocycles. The van der Waals surface area contributed by atoms with E-state index in [1.807, 2.05) is 25.7 Å². The highest BCUT2D eigenvalue weighted by Crippen LogP contribution is 2.14. The monoisotopic (exact) mass is 310 g/mol. The molecule has 8 heteroatoms. The van der Waals surface area contributed by atoms with E-state index in [0.29, 0.717) is 24.3 Å². The van der Waals surface area contributed by atoms with Crippen molar-refractivity contribution in [2.75, 3.05) is 23.3 Å². The van der Waals surface area contributed by atoms with Gasteiger partial charge in [-0.05, 0) is 25.4 Å². The van der Waals surface area contributed by atoms with Crippen LogP contribution in [0.1, 0.15) is 32.4 Å². The first kappa shape index (κ1) is 15.5. The number of hydrogen-bond acceptors (Lipinski definition) is 7. The van der Waals surface area contributed by atoms with Gasteiger partial charge in [-0.15, -0.1) is 0 Å². The summed E-state index contributed by atoms with van der Waals surface area (Å²) in [7, 11) is 0. The van der Waals surface area contributed by atoms with Gasteiger partial charge in [-0.25, -0.2) is 4.98 Å². The fourth-order valence-corrected chi connectivity index (χ4v) is 1.97. The zero-order valence-electron chi connectivity index (χ0n) is 12.4. The molecule has 21 heavy (non-hydrogen) atoms. The smallest absolute Gasteiger partial charge is 0.231 e. The number of aryl methyl sites for hydroxylation is 1. The summed E-state index contributed by atoms with van der Waals surface area (Å²) >= 11 is 5.95. The molecule has 0 amide bonds. The first-order valence-corrected chi connectivity index (χ1v) is 7.38. The number of aromatic nitrogens is 4. The summed E-state index contributed by atoms with van der Waals surface area (Å²) in [6.07, 6.45) is 2.54. The van der Waals surface area contributed by atoms with Crippen LogP contribution in [0.4, 0.5) is 11.9 Å². The number of nitrogens with zero attached hydrogens (tertiary/aromatic N) is 5. The Kier molecular flexibility index (Phi) is 5.32. The lowest BCUT2D eigenvalue weighted by molar-refractivity contribution is 0.465. The van der Waals surface area contributed by atoms with Crippen molar-refractivity contribution in [3.8, 4) is 0 Å². The van der Waals surface area contributed by atoms with Gasteiger partial charge < -0.3 is 14.6 Å². The molecule has 2 rings (SSSR count). The summed E-state index contributed by atoms with van der Waals surface area (Å²) in [5.41, 5.74) is 0. The van der Waals surface area contributed by atoms with Gasteiger partial charge in [0.2, 0.25) is 23.1 Å². The van der Waals surface area contributed by atoms with Crippen LogP contribution in [0.15, 0.2) is 10.6 Å². The Morgan fingerprint density at radius 3 is 2.57 bits per heavy atom. The first-order chi connectivity index (χ1) is 10.2. The number of halogens is 1. The van der Waals surface area contributed by atoms with E-state index in [4.69, 9.17) is 16.0 Å². The SMILES string of the molecule is CCc1cnc(CNc2nc(Cl)nc(N(CC)CC)n2)o1. The minimum absolute atomic E-state index is 0.163. The molecule has 0 bridgehead atoms. The first-order valence-electron chi connectivity index (χ1n) is 7.00. The second-order valence-corrected chi connectivity index (χ2v) is 4.67. The predicted molar refractivity (Wildman–Crippen MR) is 81.6 cm³/mol. The van der Waals surface area contributed by atoms with Crippen LogP contribution in [-0.4, -0.2) is 33.0 Å². The Hall–Kier alpha value is -1.89. The molecule has 1 N–H and O–H groups in total. The normalized spacial score (nSPS) is 10.7. The molecular formula is C13H19ClN6O. The molecule has 114 valence electrons. The van der Waals surface area contributed by atoms with Gasteiger partial charge in [-0.2, -0.15) is 15.0 Å². The molecule has 0 aliphatic rings. The summed E-state index contributed by atoms with van der Waals surface area (Å²) in [4.78, 5) is 18.7. The second-order valence-electron chi connectivity index (χ2n) is 4.33. The van der Waals surface area contributed by atoms with Crippen molar-refractivity contribution in [3.63, 3.8) is 0 Å². The van der Waals surface area contributed by atoms with Crippen LogP contribution in [0.2, 0.25) is 5.28 Å². The molecular weight excluding hydrogens is 292 g/mol. The largest absolute Gasteiger partial charge is 0.444 e. The van der Waals surface area contributed by atoms with Crippen LogP contribution in [0.25, 0.3) is 0 Å². The lowest BCUT2D eigenvalue weighted by Crippen LogP contribution is -2.25. The van der Waals surface area contributed by atoms with E-state index in [1.54, 1.807) is 6.20 Å². The van der Waals surface area contributed by atoms with Gasteiger partial charge in [0, 0.05) is 19.5 Å². The zero-order valence-corrected chi connectivity index (χ0v) is 13.2. The van der Waals surface area contributed by atoms with Gasteiger partial charge in [0.25, 0.3) is 0 Å². The van der Waals surface area contributed by atoms with Crippen LogP contribution < -0.4 is 10.2 Å². The Morgan fingerprint density at radius 2 is 1.95 bits per heavy atom. The molecule has 0 atom stereocenters. The van der Waals surface area contributed by atoms with E-state index in [0.717, 1.165) is 25.3 Å². The van der Waals surface area contributed by atoms with E-state index in [2.05, 4.69) is 25.3 Å². The fourth-order valence-electron chi connectivity index (χ4n) is 1.81.